The van der Waals surface area contributed by atoms with Crippen LogP contribution in [-0.2, 0) is 6.54 Å². The molecule has 0 radical (unpaired) electrons. The highest BCUT2D eigenvalue weighted by molar-refractivity contribution is 7.16. The predicted molar refractivity (Wildman–Crippen MR) is 82.7 cm³/mol. The fraction of sp³-hybridized carbons (Fsp3) is 0.143. The number of hydrogen-bond acceptors (Lipinski definition) is 5. The number of nitrogens with zero attached hydrogens (tertiary/aromatic N) is 2. The van der Waals surface area contributed by atoms with E-state index in [1.54, 1.807) is 24.6 Å². The molecule has 20 heavy (non-hydrogen) atoms. The fourth-order valence-electron chi connectivity index (χ4n) is 1.90. The summed E-state index contributed by atoms with van der Waals surface area (Å²) in [5.41, 5.74) is 4.64. The molecule has 0 aliphatic heterocycles. The van der Waals surface area contributed by atoms with Gasteiger partial charge in [0.2, 0.25) is 5.88 Å². The van der Waals surface area contributed by atoms with E-state index >= 15 is 0 Å². The zero-order valence-electron chi connectivity index (χ0n) is 10.8. The second kappa shape index (κ2) is 5.64. The Hall–Kier alpha value is -1.85. The van der Waals surface area contributed by atoms with E-state index in [2.05, 4.69) is 15.3 Å². The van der Waals surface area contributed by atoms with Crippen LogP contribution in [0, 0.1) is 0 Å². The summed E-state index contributed by atoms with van der Waals surface area (Å²) in [4.78, 5) is 8.53. The lowest BCUT2D eigenvalue weighted by atomic mass is 10.2. The van der Waals surface area contributed by atoms with Gasteiger partial charge < -0.3 is 10.1 Å². The molecule has 0 amide bonds. The number of methoxy groups -OCH3 is 1. The van der Waals surface area contributed by atoms with Crippen LogP contribution >= 0.6 is 22.9 Å². The number of thiazole rings is 1. The van der Waals surface area contributed by atoms with Crippen LogP contribution in [0.2, 0.25) is 5.02 Å². The number of hydrogen-bond donors (Lipinski definition) is 1. The smallest absolute Gasteiger partial charge is 0.212 e. The summed E-state index contributed by atoms with van der Waals surface area (Å²) >= 11 is 7.84. The Bertz CT molecular complexity index is 727. The van der Waals surface area contributed by atoms with E-state index in [4.69, 9.17) is 16.3 Å². The number of aromatic nitrogens is 2. The van der Waals surface area contributed by atoms with E-state index in [1.165, 1.54) is 0 Å². The first-order valence-corrected chi connectivity index (χ1v) is 7.28. The molecule has 0 fully saturated rings. The average Bonchev–Trinajstić information content (AvgIpc) is 2.95. The minimum atomic E-state index is 0.605. The van der Waals surface area contributed by atoms with Crippen molar-refractivity contribution in [2.24, 2.45) is 0 Å². The van der Waals surface area contributed by atoms with Gasteiger partial charge in [0.15, 0.2) is 0 Å². The van der Waals surface area contributed by atoms with Crippen molar-refractivity contribution in [1.82, 2.24) is 9.97 Å². The maximum absolute atomic E-state index is 6.24. The van der Waals surface area contributed by atoms with E-state index in [-0.39, 0.29) is 0 Å². The molecule has 0 saturated carbocycles. The molecule has 2 aromatic heterocycles. The van der Waals surface area contributed by atoms with Gasteiger partial charge in [-0.1, -0.05) is 17.7 Å². The normalized spacial score (nSPS) is 10.7. The number of benzene rings is 1. The molecule has 3 rings (SSSR count). The second-order valence-corrected chi connectivity index (χ2v) is 5.48. The molecular formula is C14H12ClN3OS. The summed E-state index contributed by atoms with van der Waals surface area (Å²) in [6.07, 6.45) is 1.78. The van der Waals surface area contributed by atoms with Gasteiger partial charge in [0.05, 0.1) is 28.0 Å². The first-order chi connectivity index (χ1) is 9.78. The minimum Gasteiger partial charge on any atom is -0.481 e. The Labute approximate surface area is 125 Å². The van der Waals surface area contributed by atoms with Gasteiger partial charge in [0.25, 0.3) is 0 Å². The molecule has 0 bridgehead atoms. The van der Waals surface area contributed by atoms with Crippen LogP contribution in [0.25, 0.3) is 10.2 Å². The Morgan fingerprint density at radius 2 is 2.15 bits per heavy atom. The summed E-state index contributed by atoms with van der Waals surface area (Å²) in [5, 5.41) is 4.00. The predicted octanol–water partition coefficient (Wildman–Crippen LogP) is 3.97. The van der Waals surface area contributed by atoms with Crippen LogP contribution in [0.5, 0.6) is 5.88 Å². The molecule has 2 heterocycles. The number of fused-ring (bicyclic) bond motifs is 1. The summed E-state index contributed by atoms with van der Waals surface area (Å²) in [6, 6.07) is 7.67. The number of ether oxygens (including phenoxy) is 1. The number of anilines is 1. The van der Waals surface area contributed by atoms with E-state index in [0.29, 0.717) is 17.4 Å². The second-order valence-electron chi connectivity index (χ2n) is 4.18. The molecule has 6 heteroatoms. The Morgan fingerprint density at radius 3 is 2.90 bits per heavy atom. The van der Waals surface area contributed by atoms with Crippen molar-refractivity contribution < 1.29 is 4.74 Å². The molecule has 0 atom stereocenters. The van der Waals surface area contributed by atoms with Gasteiger partial charge in [-0.3, -0.25) is 0 Å². The third-order valence-corrected chi connectivity index (χ3v) is 4.04. The zero-order valence-corrected chi connectivity index (χ0v) is 12.3. The lowest BCUT2D eigenvalue weighted by Crippen LogP contribution is -2.01. The molecule has 0 spiro atoms. The summed E-state index contributed by atoms with van der Waals surface area (Å²) in [6.45, 7) is 0.632. The highest BCUT2D eigenvalue weighted by Gasteiger charge is 2.08. The van der Waals surface area contributed by atoms with Crippen LogP contribution in [0.3, 0.4) is 0 Å². The van der Waals surface area contributed by atoms with Crippen molar-refractivity contribution in [1.29, 1.82) is 0 Å². The Kier molecular flexibility index (Phi) is 3.71. The van der Waals surface area contributed by atoms with E-state index < -0.39 is 0 Å². The highest BCUT2D eigenvalue weighted by atomic mass is 35.5. The molecular weight excluding hydrogens is 294 g/mol. The van der Waals surface area contributed by atoms with Gasteiger partial charge in [-0.2, -0.15) is 0 Å². The molecule has 102 valence electrons. The molecule has 0 unspecified atom stereocenters. The quantitative estimate of drug-likeness (QED) is 0.792. The van der Waals surface area contributed by atoms with Crippen LogP contribution in [0.15, 0.2) is 36.0 Å². The van der Waals surface area contributed by atoms with E-state index in [0.717, 1.165) is 21.5 Å². The third kappa shape index (κ3) is 2.55. The van der Waals surface area contributed by atoms with Gasteiger partial charge in [0.1, 0.15) is 5.52 Å². The topological polar surface area (TPSA) is 47.0 Å². The van der Waals surface area contributed by atoms with E-state index in [1.807, 2.05) is 29.8 Å². The summed E-state index contributed by atoms with van der Waals surface area (Å²) in [7, 11) is 1.60. The average molecular weight is 306 g/mol. The fourth-order valence-corrected chi connectivity index (χ4v) is 2.81. The van der Waals surface area contributed by atoms with Gasteiger partial charge in [-0.15, -0.1) is 11.3 Å². The van der Waals surface area contributed by atoms with Gasteiger partial charge in [-0.05, 0) is 17.7 Å². The first kappa shape index (κ1) is 13.1. The minimum absolute atomic E-state index is 0.605. The zero-order chi connectivity index (χ0) is 13.9. The summed E-state index contributed by atoms with van der Waals surface area (Å²) < 4.78 is 6.15. The van der Waals surface area contributed by atoms with Crippen molar-refractivity contribution in [2.75, 3.05) is 12.4 Å². The van der Waals surface area contributed by atoms with Crippen molar-refractivity contribution in [3.63, 3.8) is 0 Å². The van der Waals surface area contributed by atoms with Crippen molar-refractivity contribution in [3.8, 4) is 5.88 Å². The van der Waals surface area contributed by atoms with E-state index in [9.17, 15) is 0 Å². The molecule has 0 aliphatic rings. The molecule has 0 saturated heterocycles. The van der Waals surface area contributed by atoms with Gasteiger partial charge >= 0.3 is 0 Å². The van der Waals surface area contributed by atoms with Gasteiger partial charge in [0, 0.05) is 18.8 Å². The Morgan fingerprint density at radius 1 is 1.25 bits per heavy atom. The lowest BCUT2D eigenvalue weighted by molar-refractivity contribution is 0.397. The van der Waals surface area contributed by atoms with Crippen molar-refractivity contribution >= 4 is 38.8 Å². The van der Waals surface area contributed by atoms with Crippen LogP contribution in [0.4, 0.5) is 5.69 Å². The number of rotatable bonds is 4. The monoisotopic (exact) mass is 305 g/mol. The van der Waals surface area contributed by atoms with Crippen LogP contribution < -0.4 is 10.1 Å². The third-order valence-electron chi connectivity index (χ3n) is 2.93. The highest BCUT2D eigenvalue weighted by Crippen LogP contribution is 2.32. The molecule has 1 N–H and O–H groups in total. The van der Waals surface area contributed by atoms with Crippen LogP contribution in [0.1, 0.15) is 5.56 Å². The number of nitrogens with one attached hydrogen (secondary N) is 1. The largest absolute Gasteiger partial charge is 0.481 e. The summed E-state index contributed by atoms with van der Waals surface area (Å²) in [5.74, 6) is 0.605. The van der Waals surface area contributed by atoms with Crippen molar-refractivity contribution in [3.05, 3.63) is 46.6 Å². The van der Waals surface area contributed by atoms with Crippen LogP contribution in [-0.4, -0.2) is 17.1 Å². The maximum atomic E-state index is 6.24. The standard InChI is InChI=1S/C14H12ClN3OS/c1-19-12-5-2-9(6-16-12)7-17-13-10(15)3-4-11-14(13)18-8-20-11/h2-6,8,17H,7H2,1H3. The molecule has 0 aliphatic carbocycles. The van der Waals surface area contributed by atoms with Crippen molar-refractivity contribution in [2.45, 2.75) is 6.54 Å². The Balaban J connectivity index is 1.82. The number of halogens is 1. The SMILES string of the molecule is COc1ccc(CNc2c(Cl)ccc3scnc23)cn1. The molecule has 1 aromatic carbocycles. The molecule has 4 nitrogen and oxygen atoms in total. The van der Waals surface area contributed by atoms with Gasteiger partial charge in [-0.25, -0.2) is 9.97 Å². The number of pyridine rings is 1. The molecule has 3 aromatic rings. The first-order valence-electron chi connectivity index (χ1n) is 6.02. The maximum Gasteiger partial charge on any atom is 0.212 e. The lowest BCUT2D eigenvalue weighted by Gasteiger charge is -2.09.